The molecule has 2 N–H and O–H groups in total. The summed E-state index contributed by atoms with van der Waals surface area (Å²) in [6.45, 7) is 1.89. The minimum absolute atomic E-state index is 0.0337. The fourth-order valence-corrected chi connectivity index (χ4v) is 1.85. The number of aromatic nitrogens is 4. The maximum atomic E-state index is 12.2. The number of amides is 2. The Morgan fingerprint density at radius 3 is 2.36 bits per heavy atom. The van der Waals surface area contributed by atoms with Crippen molar-refractivity contribution in [3.05, 3.63) is 17.8 Å². The van der Waals surface area contributed by atoms with E-state index in [4.69, 9.17) is 14.2 Å². The Balaban J connectivity index is 2.16. The summed E-state index contributed by atoms with van der Waals surface area (Å²) in [6, 6.07) is 0.785. The van der Waals surface area contributed by atoms with Gasteiger partial charge in [-0.25, -0.2) is 9.59 Å². The van der Waals surface area contributed by atoms with E-state index in [0.717, 1.165) is 0 Å². The number of carbonyl (C=O) groups excluding carboxylic acids is 2. The standard InChI is InChI=1S/C14H18N6O5/c1-5-25-12(21)8-7-15-20(2)11(8)18-14(22)19-13-16-9(23-3)6-10(17-13)24-4/h6-7H,5H2,1-4H3,(H2,16,17,18,19,22). The molecule has 0 aliphatic rings. The lowest BCUT2D eigenvalue weighted by atomic mass is 10.3. The van der Waals surface area contributed by atoms with Gasteiger partial charge in [0.15, 0.2) is 0 Å². The number of esters is 1. The number of hydrogen-bond acceptors (Lipinski definition) is 8. The highest BCUT2D eigenvalue weighted by atomic mass is 16.5. The zero-order valence-electron chi connectivity index (χ0n) is 14.2. The van der Waals surface area contributed by atoms with E-state index in [2.05, 4.69) is 25.7 Å². The minimum Gasteiger partial charge on any atom is -0.481 e. The summed E-state index contributed by atoms with van der Waals surface area (Å²) in [5.41, 5.74) is 0.128. The SMILES string of the molecule is CCOC(=O)c1cnn(C)c1NC(=O)Nc1nc(OC)cc(OC)n1. The highest BCUT2D eigenvalue weighted by molar-refractivity contribution is 6.03. The van der Waals surface area contributed by atoms with Gasteiger partial charge in [-0.1, -0.05) is 0 Å². The van der Waals surface area contributed by atoms with Gasteiger partial charge in [0.1, 0.15) is 11.4 Å². The van der Waals surface area contributed by atoms with Crippen molar-refractivity contribution in [1.82, 2.24) is 19.7 Å². The summed E-state index contributed by atoms with van der Waals surface area (Å²) in [5, 5.41) is 8.88. The van der Waals surface area contributed by atoms with Gasteiger partial charge in [-0.3, -0.25) is 15.3 Å². The molecule has 0 saturated carbocycles. The van der Waals surface area contributed by atoms with E-state index >= 15 is 0 Å². The Morgan fingerprint density at radius 1 is 1.16 bits per heavy atom. The van der Waals surface area contributed by atoms with Gasteiger partial charge < -0.3 is 14.2 Å². The summed E-state index contributed by atoms with van der Waals surface area (Å²) in [6.07, 6.45) is 1.30. The normalized spacial score (nSPS) is 10.1. The molecule has 11 heteroatoms. The Kier molecular flexibility index (Phi) is 5.71. The van der Waals surface area contributed by atoms with Crippen molar-refractivity contribution in [3.8, 4) is 11.8 Å². The minimum atomic E-state index is -0.676. The molecule has 0 fully saturated rings. The van der Waals surface area contributed by atoms with Crippen molar-refractivity contribution in [1.29, 1.82) is 0 Å². The molecule has 2 rings (SSSR count). The van der Waals surface area contributed by atoms with E-state index in [1.165, 1.54) is 31.2 Å². The van der Waals surface area contributed by atoms with Gasteiger partial charge in [0.05, 0.1) is 33.1 Å². The Morgan fingerprint density at radius 2 is 1.80 bits per heavy atom. The second-order valence-electron chi connectivity index (χ2n) is 4.61. The zero-order chi connectivity index (χ0) is 18.4. The van der Waals surface area contributed by atoms with Crippen LogP contribution in [-0.2, 0) is 11.8 Å². The fourth-order valence-electron chi connectivity index (χ4n) is 1.85. The Labute approximate surface area is 143 Å². The predicted molar refractivity (Wildman–Crippen MR) is 86.9 cm³/mol. The number of hydrogen-bond donors (Lipinski definition) is 2. The van der Waals surface area contributed by atoms with E-state index in [1.807, 2.05) is 0 Å². The molecule has 2 aromatic rings. The average molecular weight is 350 g/mol. The average Bonchev–Trinajstić information content (AvgIpc) is 2.95. The van der Waals surface area contributed by atoms with Crippen molar-refractivity contribution >= 4 is 23.8 Å². The highest BCUT2D eigenvalue weighted by Crippen LogP contribution is 2.18. The highest BCUT2D eigenvalue weighted by Gasteiger charge is 2.19. The van der Waals surface area contributed by atoms with Gasteiger partial charge in [-0.15, -0.1) is 0 Å². The third kappa shape index (κ3) is 4.34. The first kappa shape index (κ1) is 18.0. The third-order valence-corrected chi connectivity index (χ3v) is 2.99. The first-order valence-electron chi connectivity index (χ1n) is 7.22. The number of methoxy groups -OCH3 is 2. The molecule has 0 spiro atoms. The summed E-state index contributed by atoms with van der Waals surface area (Å²) in [7, 11) is 4.42. The molecule has 0 atom stereocenters. The zero-order valence-corrected chi connectivity index (χ0v) is 14.2. The lowest BCUT2D eigenvalue weighted by Gasteiger charge is -2.10. The van der Waals surface area contributed by atoms with Crippen molar-refractivity contribution in [2.45, 2.75) is 6.92 Å². The van der Waals surface area contributed by atoms with E-state index in [-0.39, 0.29) is 35.7 Å². The molecule has 134 valence electrons. The summed E-state index contributed by atoms with van der Waals surface area (Å²) in [5.74, 6) is -0.0191. The number of carbonyl (C=O) groups is 2. The molecule has 11 nitrogen and oxygen atoms in total. The molecule has 0 radical (unpaired) electrons. The quantitative estimate of drug-likeness (QED) is 0.739. The molecular weight excluding hydrogens is 332 g/mol. The monoisotopic (exact) mass is 350 g/mol. The van der Waals surface area contributed by atoms with Gasteiger partial charge in [-0.2, -0.15) is 15.1 Å². The number of ether oxygens (including phenoxy) is 3. The molecule has 0 aliphatic carbocycles. The van der Waals surface area contributed by atoms with Crippen molar-refractivity contribution < 1.29 is 23.8 Å². The summed E-state index contributed by atoms with van der Waals surface area (Å²) >= 11 is 0. The number of urea groups is 1. The first-order valence-corrected chi connectivity index (χ1v) is 7.22. The van der Waals surface area contributed by atoms with Crippen LogP contribution in [0.2, 0.25) is 0 Å². The summed E-state index contributed by atoms with van der Waals surface area (Å²) in [4.78, 5) is 32.0. The lowest BCUT2D eigenvalue weighted by molar-refractivity contribution is 0.0527. The van der Waals surface area contributed by atoms with Crippen molar-refractivity contribution in [2.75, 3.05) is 31.5 Å². The molecular formula is C14H18N6O5. The van der Waals surface area contributed by atoms with Gasteiger partial charge in [0.25, 0.3) is 0 Å². The van der Waals surface area contributed by atoms with Crippen molar-refractivity contribution in [3.63, 3.8) is 0 Å². The van der Waals surface area contributed by atoms with E-state index in [1.54, 1.807) is 14.0 Å². The van der Waals surface area contributed by atoms with Crippen LogP contribution in [0.1, 0.15) is 17.3 Å². The molecule has 0 aliphatic heterocycles. The van der Waals surface area contributed by atoms with Crippen LogP contribution in [0, 0.1) is 0 Å². The van der Waals surface area contributed by atoms with Crippen molar-refractivity contribution in [2.24, 2.45) is 7.05 Å². The third-order valence-electron chi connectivity index (χ3n) is 2.99. The maximum absolute atomic E-state index is 12.2. The molecule has 2 amide bonds. The van der Waals surface area contributed by atoms with Crippen LogP contribution >= 0.6 is 0 Å². The van der Waals surface area contributed by atoms with Crippen LogP contribution < -0.4 is 20.1 Å². The Hall–Kier alpha value is -3.37. The summed E-state index contributed by atoms with van der Waals surface area (Å²) < 4.78 is 16.3. The number of nitrogens with zero attached hydrogens (tertiary/aromatic N) is 4. The van der Waals surface area contributed by atoms with E-state index in [9.17, 15) is 9.59 Å². The largest absolute Gasteiger partial charge is 0.481 e. The predicted octanol–water partition coefficient (Wildman–Crippen LogP) is 1.05. The van der Waals surface area contributed by atoms with Gasteiger partial charge in [-0.05, 0) is 6.92 Å². The van der Waals surface area contributed by atoms with Crippen LogP contribution in [0.5, 0.6) is 11.8 Å². The number of aryl methyl sites for hydroxylation is 1. The molecule has 2 aromatic heterocycles. The molecule has 2 heterocycles. The topological polar surface area (TPSA) is 129 Å². The molecule has 0 aromatic carbocycles. The Bertz CT molecular complexity index is 753. The first-order chi connectivity index (χ1) is 12.0. The van der Waals surface area contributed by atoms with Crippen LogP contribution in [0.4, 0.5) is 16.6 Å². The van der Waals surface area contributed by atoms with Crippen LogP contribution in [0.3, 0.4) is 0 Å². The second kappa shape index (κ2) is 7.95. The lowest BCUT2D eigenvalue weighted by Crippen LogP contribution is -2.24. The van der Waals surface area contributed by atoms with E-state index in [0.29, 0.717) is 0 Å². The smallest absolute Gasteiger partial charge is 0.343 e. The van der Waals surface area contributed by atoms with Crippen LogP contribution in [0.15, 0.2) is 12.3 Å². The second-order valence-corrected chi connectivity index (χ2v) is 4.61. The number of anilines is 2. The van der Waals surface area contributed by atoms with Crippen LogP contribution in [0.25, 0.3) is 0 Å². The van der Waals surface area contributed by atoms with Gasteiger partial charge in [0, 0.05) is 7.05 Å². The van der Waals surface area contributed by atoms with E-state index < -0.39 is 12.0 Å². The van der Waals surface area contributed by atoms with Crippen LogP contribution in [-0.4, -0.2) is 52.6 Å². The number of nitrogens with one attached hydrogen (secondary N) is 2. The molecule has 25 heavy (non-hydrogen) atoms. The maximum Gasteiger partial charge on any atom is 0.343 e. The fraction of sp³-hybridized carbons (Fsp3) is 0.357. The molecule has 0 unspecified atom stereocenters. The number of rotatable bonds is 6. The van der Waals surface area contributed by atoms with Gasteiger partial charge >= 0.3 is 12.0 Å². The molecule has 0 bridgehead atoms. The molecule has 0 saturated heterocycles. The van der Waals surface area contributed by atoms with Gasteiger partial charge in [0.2, 0.25) is 17.7 Å².